The number of carbonyl (C=O) groups excluding carboxylic acids is 1. The highest BCUT2D eigenvalue weighted by atomic mass is 16.5. The molecule has 0 amide bonds. The zero-order valence-electron chi connectivity index (χ0n) is 13.2. The van der Waals surface area contributed by atoms with E-state index in [9.17, 15) is 4.79 Å². The zero-order valence-corrected chi connectivity index (χ0v) is 13.2. The summed E-state index contributed by atoms with van der Waals surface area (Å²) >= 11 is 0. The van der Waals surface area contributed by atoms with Crippen molar-refractivity contribution >= 4 is 14.0 Å². The quantitative estimate of drug-likeness (QED) is 0.651. The van der Waals surface area contributed by atoms with Crippen molar-refractivity contribution in [2.75, 3.05) is 19.7 Å². The minimum atomic E-state index is -0.0881. The summed E-state index contributed by atoms with van der Waals surface area (Å²) in [5, 5.41) is 3.62. The van der Waals surface area contributed by atoms with Crippen molar-refractivity contribution in [3.63, 3.8) is 0 Å². The predicted molar refractivity (Wildman–Crippen MR) is 86.6 cm³/mol. The Bertz CT molecular complexity index is 455. The van der Waals surface area contributed by atoms with Crippen molar-refractivity contribution < 1.29 is 9.53 Å². The molecule has 1 aliphatic rings. The Morgan fingerprint density at radius 2 is 2.19 bits per heavy atom. The van der Waals surface area contributed by atoms with E-state index < -0.39 is 0 Å². The first kappa shape index (κ1) is 16.1. The van der Waals surface area contributed by atoms with E-state index in [1.807, 2.05) is 25.1 Å². The van der Waals surface area contributed by atoms with Gasteiger partial charge in [-0.25, -0.2) is 0 Å². The van der Waals surface area contributed by atoms with E-state index in [1.54, 1.807) is 0 Å². The number of benzene rings is 1. The van der Waals surface area contributed by atoms with E-state index in [2.05, 4.69) is 37.2 Å². The van der Waals surface area contributed by atoms with Gasteiger partial charge in [0.2, 0.25) is 0 Å². The molecule has 1 heterocycles. The van der Waals surface area contributed by atoms with Crippen LogP contribution in [-0.2, 0) is 9.53 Å². The number of hydrogen-bond donors (Lipinski definition) is 1. The number of ether oxygens (including phenoxy) is 1. The molecule has 0 saturated carbocycles. The molecular formula is C16H25BN2O2. The largest absolute Gasteiger partial charge is 0.466 e. The standard InChI is InChI=1S/C16H25BN2O2/c1-3-21-16(20)14-11-19(17)10-9-15(14)18-12(2)13-7-5-4-6-8-13/h4-8,12,14-15,18H,3,9-11,17H2,1-2H3/t12-,14+,15-/m0/s1. The van der Waals surface area contributed by atoms with E-state index in [-0.39, 0.29) is 24.0 Å². The van der Waals surface area contributed by atoms with Gasteiger partial charge in [0.1, 0.15) is 0 Å². The molecule has 4 nitrogen and oxygen atoms in total. The minimum Gasteiger partial charge on any atom is -0.466 e. The second-order valence-corrected chi connectivity index (χ2v) is 5.81. The molecule has 1 N–H and O–H groups in total. The van der Waals surface area contributed by atoms with Gasteiger partial charge in [-0.1, -0.05) is 30.3 Å². The van der Waals surface area contributed by atoms with Gasteiger partial charge in [-0.15, -0.1) is 0 Å². The third-order valence-corrected chi connectivity index (χ3v) is 4.17. The highest BCUT2D eigenvalue weighted by Crippen LogP contribution is 2.21. The summed E-state index contributed by atoms with van der Waals surface area (Å²) < 4.78 is 5.24. The maximum atomic E-state index is 12.2. The Kier molecular flexibility index (Phi) is 5.82. The van der Waals surface area contributed by atoms with Gasteiger partial charge in [0.25, 0.3) is 0 Å². The van der Waals surface area contributed by atoms with Crippen LogP contribution in [0.25, 0.3) is 0 Å². The van der Waals surface area contributed by atoms with E-state index in [1.165, 1.54) is 5.56 Å². The minimum absolute atomic E-state index is 0.0817. The highest BCUT2D eigenvalue weighted by Gasteiger charge is 2.34. The summed E-state index contributed by atoms with van der Waals surface area (Å²) in [5.74, 6) is -0.170. The van der Waals surface area contributed by atoms with E-state index in [0.29, 0.717) is 6.61 Å². The van der Waals surface area contributed by atoms with Crippen molar-refractivity contribution in [3.05, 3.63) is 35.9 Å². The fraction of sp³-hybridized carbons (Fsp3) is 0.562. The average molecular weight is 288 g/mol. The molecule has 0 unspecified atom stereocenters. The molecule has 1 aliphatic heterocycles. The lowest BCUT2D eigenvalue weighted by molar-refractivity contribution is -0.150. The molecule has 21 heavy (non-hydrogen) atoms. The molecule has 0 bridgehead atoms. The van der Waals surface area contributed by atoms with Gasteiger partial charge >= 0.3 is 5.97 Å². The zero-order chi connectivity index (χ0) is 15.2. The van der Waals surface area contributed by atoms with Gasteiger partial charge in [0.15, 0.2) is 7.98 Å². The molecule has 114 valence electrons. The van der Waals surface area contributed by atoms with Crippen LogP contribution in [0.15, 0.2) is 30.3 Å². The van der Waals surface area contributed by atoms with E-state index >= 15 is 0 Å². The molecule has 0 aromatic heterocycles. The highest BCUT2D eigenvalue weighted by molar-refractivity contribution is 6.04. The molecule has 1 aromatic rings. The van der Waals surface area contributed by atoms with Crippen molar-refractivity contribution in [1.82, 2.24) is 10.1 Å². The summed E-state index contributed by atoms with van der Waals surface area (Å²) in [7, 11) is 2.06. The number of carbonyl (C=O) groups is 1. The maximum Gasteiger partial charge on any atom is 0.311 e. The lowest BCUT2D eigenvalue weighted by Crippen LogP contribution is -2.52. The van der Waals surface area contributed by atoms with Crippen molar-refractivity contribution in [1.29, 1.82) is 0 Å². The maximum absolute atomic E-state index is 12.2. The van der Waals surface area contributed by atoms with Crippen LogP contribution in [0.2, 0.25) is 0 Å². The van der Waals surface area contributed by atoms with Crippen molar-refractivity contribution in [2.24, 2.45) is 5.92 Å². The molecule has 1 fully saturated rings. The van der Waals surface area contributed by atoms with Crippen LogP contribution >= 0.6 is 0 Å². The van der Waals surface area contributed by atoms with E-state index in [4.69, 9.17) is 4.74 Å². The smallest absolute Gasteiger partial charge is 0.311 e. The Labute approximate surface area is 128 Å². The molecule has 0 aliphatic carbocycles. The molecule has 1 saturated heterocycles. The second-order valence-electron chi connectivity index (χ2n) is 5.81. The van der Waals surface area contributed by atoms with Crippen LogP contribution in [0.5, 0.6) is 0 Å². The number of piperidine rings is 1. The molecule has 2 rings (SSSR count). The van der Waals surface area contributed by atoms with Gasteiger partial charge in [0, 0.05) is 18.6 Å². The van der Waals surface area contributed by atoms with Gasteiger partial charge in [-0.05, 0) is 32.4 Å². The SMILES string of the molecule is BN1CC[C@H](N[C@@H](C)c2ccccc2)[C@H](C(=O)OCC)C1. The Balaban J connectivity index is 2.03. The van der Waals surface area contributed by atoms with Gasteiger partial charge in [-0.2, -0.15) is 0 Å². The lowest BCUT2D eigenvalue weighted by Gasteiger charge is -2.37. The van der Waals surface area contributed by atoms with E-state index in [0.717, 1.165) is 19.5 Å². The van der Waals surface area contributed by atoms with Crippen LogP contribution < -0.4 is 5.32 Å². The Morgan fingerprint density at radius 3 is 2.86 bits per heavy atom. The average Bonchev–Trinajstić information content (AvgIpc) is 2.50. The molecular weight excluding hydrogens is 263 g/mol. The number of hydrogen-bond acceptors (Lipinski definition) is 4. The number of nitrogens with one attached hydrogen (secondary N) is 1. The number of rotatable bonds is 5. The topological polar surface area (TPSA) is 41.6 Å². The summed E-state index contributed by atoms with van der Waals surface area (Å²) in [4.78, 5) is 14.4. The van der Waals surface area contributed by atoms with Crippen LogP contribution in [0.1, 0.15) is 31.9 Å². The first-order chi connectivity index (χ1) is 10.1. The van der Waals surface area contributed by atoms with Crippen molar-refractivity contribution in [3.8, 4) is 0 Å². The molecule has 0 spiro atoms. The Hall–Kier alpha value is -1.33. The van der Waals surface area contributed by atoms with Crippen molar-refractivity contribution in [2.45, 2.75) is 32.4 Å². The summed E-state index contributed by atoms with van der Waals surface area (Å²) in [6, 6.07) is 10.8. The van der Waals surface area contributed by atoms with Crippen LogP contribution in [0.3, 0.4) is 0 Å². The summed E-state index contributed by atoms with van der Waals surface area (Å²) in [6.45, 7) is 6.22. The normalized spacial score (nSPS) is 24.5. The number of esters is 1. The first-order valence-corrected chi connectivity index (χ1v) is 7.78. The van der Waals surface area contributed by atoms with Crippen LogP contribution in [0, 0.1) is 5.92 Å². The number of nitrogens with zero attached hydrogens (tertiary/aromatic N) is 1. The molecule has 3 atom stereocenters. The summed E-state index contributed by atoms with van der Waals surface area (Å²) in [5.41, 5.74) is 1.25. The summed E-state index contributed by atoms with van der Waals surface area (Å²) in [6.07, 6.45) is 0.969. The Morgan fingerprint density at radius 1 is 1.48 bits per heavy atom. The first-order valence-electron chi connectivity index (χ1n) is 7.78. The van der Waals surface area contributed by atoms with Crippen LogP contribution in [-0.4, -0.2) is 44.5 Å². The lowest BCUT2D eigenvalue weighted by atomic mass is 9.89. The third-order valence-electron chi connectivity index (χ3n) is 4.17. The fourth-order valence-corrected chi connectivity index (χ4v) is 2.96. The van der Waals surface area contributed by atoms with Gasteiger partial charge < -0.3 is 14.9 Å². The molecule has 0 radical (unpaired) electrons. The second kappa shape index (κ2) is 7.62. The molecule has 5 heteroatoms. The van der Waals surface area contributed by atoms with Crippen LogP contribution in [0.4, 0.5) is 0 Å². The van der Waals surface area contributed by atoms with Gasteiger partial charge in [0.05, 0.1) is 12.5 Å². The predicted octanol–water partition coefficient (Wildman–Crippen LogP) is 1.14. The molecule has 1 aromatic carbocycles. The monoisotopic (exact) mass is 288 g/mol. The van der Waals surface area contributed by atoms with Gasteiger partial charge in [-0.3, -0.25) is 4.79 Å². The fourth-order valence-electron chi connectivity index (χ4n) is 2.96. The third kappa shape index (κ3) is 4.32.